The van der Waals surface area contributed by atoms with E-state index in [0.717, 1.165) is 19.4 Å². The third kappa shape index (κ3) is 3.45. The first kappa shape index (κ1) is 14.7. The highest BCUT2D eigenvalue weighted by atomic mass is 16.3. The molecule has 1 amide bonds. The molecule has 0 saturated carbocycles. The minimum atomic E-state index is -0.405. The minimum Gasteiger partial charge on any atom is -0.396 e. The molecule has 0 bridgehead atoms. The van der Waals surface area contributed by atoms with Crippen LogP contribution >= 0.6 is 0 Å². The van der Waals surface area contributed by atoms with Crippen LogP contribution in [0.4, 0.5) is 5.95 Å². The van der Waals surface area contributed by atoms with Crippen LogP contribution in [-0.2, 0) is 4.79 Å². The summed E-state index contributed by atoms with van der Waals surface area (Å²) in [6.45, 7) is 4.69. The van der Waals surface area contributed by atoms with Crippen molar-refractivity contribution >= 4 is 11.9 Å². The number of nitrogens with zero attached hydrogens (tertiary/aromatic N) is 3. The molecule has 1 aromatic heterocycles. The van der Waals surface area contributed by atoms with Gasteiger partial charge in [0, 0.05) is 31.1 Å². The highest BCUT2D eigenvalue weighted by molar-refractivity contribution is 5.85. The molecule has 1 fully saturated rings. The molecule has 1 aliphatic rings. The molecule has 2 heterocycles. The summed E-state index contributed by atoms with van der Waals surface area (Å²) in [7, 11) is 0. The predicted molar refractivity (Wildman–Crippen MR) is 76.3 cm³/mol. The monoisotopic (exact) mass is 278 g/mol. The molecule has 1 aliphatic heterocycles. The van der Waals surface area contributed by atoms with Gasteiger partial charge in [0.1, 0.15) is 6.04 Å². The number of nitrogens with one attached hydrogen (secondary N) is 1. The molecule has 0 aliphatic carbocycles. The number of carbonyl (C=O) groups excluding carboxylic acids is 1. The Balaban J connectivity index is 2.06. The zero-order valence-corrected chi connectivity index (χ0v) is 12.0. The number of aromatic nitrogens is 2. The number of rotatable bonds is 5. The van der Waals surface area contributed by atoms with Gasteiger partial charge in [-0.2, -0.15) is 0 Å². The molecule has 0 radical (unpaired) electrons. The van der Waals surface area contributed by atoms with Crippen molar-refractivity contribution in [3.63, 3.8) is 0 Å². The average molecular weight is 278 g/mol. The number of anilines is 1. The van der Waals surface area contributed by atoms with Crippen LogP contribution in [0.2, 0.25) is 0 Å². The summed E-state index contributed by atoms with van der Waals surface area (Å²) >= 11 is 0. The molecule has 0 aromatic carbocycles. The number of hydrogen-bond acceptors (Lipinski definition) is 5. The summed E-state index contributed by atoms with van der Waals surface area (Å²) in [5.74, 6) is 0.582. The molecule has 1 atom stereocenters. The molecule has 2 rings (SSSR count). The Hall–Kier alpha value is -1.69. The summed E-state index contributed by atoms with van der Waals surface area (Å²) in [6, 6.07) is 1.54. The third-order valence-electron chi connectivity index (χ3n) is 3.56. The molecule has 110 valence electrons. The molecule has 6 heteroatoms. The SMILES string of the molecule is CC(C)(CCO)NC(=O)C1CCCN1c1ncccn1. The molecule has 1 aromatic rings. The second-order valence-corrected chi connectivity index (χ2v) is 5.75. The van der Waals surface area contributed by atoms with E-state index in [2.05, 4.69) is 15.3 Å². The molecular formula is C14H22N4O2. The number of carbonyl (C=O) groups is 1. The summed E-state index contributed by atoms with van der Waals surface area (Å²) < 4.78 is 0. The van der Waals surface area contributed by atoms with Crippen LogP contribution in [0.1, 0.15) is 33.1 Å². The van der Waals surface area contributed by atoms with Crippen molar-refractivity contribution in [1.82, 2.24) is 15.3 Å². The lowest BCUT2D eigenvalue weighted by Gasteiger charge is -2.30. The fraction of sp³-hybridized carbons (Fsp3) is 0.643. The summed E-state index contributed by atoms with van der Waals surface area (Å²) in [5.41, 5.74) is -0.405. The van der Waals surface area contributed by atoms with E-state index in [1.165, 1.54) is 0 Å². The second kappa shape index (κ2) is 6.17. The highest BCUT2D eigenvalue weighted by Crippen LogP contribution is 2.22. The normalized spacial score (nSPS) is 19.1. The van der Waals surface area contributed by atoms with Crippen LogP contribution in [-0.4, -0.2) is 45.7 Å². The standard InChI is InChI=1S/C14H22N4O2/c1-14(2,6-10-19)17-12(20)11-5-3-9-18(11)13-15-7-4-8-16-13/h4,7-8,11,19H,3,5-6,9-10H2,1-2H3,(H,17,20). The smallest absolute Gasteiger partial charge is 0.243 e. The zero-order chi connectivity index (χ0) is 14.6. The molecule has 1 unspecified atom stereocenters. The summed E-state index contributed by atoms with van der Waals surface area (Å²) in [5, 5.41) is 12.0. The number of aliphatic hydroxyl groups excluding tert-OH is 1. The third-order valence-corrected chi connectivity index (χ3v) is 3.56. The minimum absolute atomic E-state index is 0.0200. The van der Waals surface area contributed by atoms with Gasteiger partial charge >= 0.3 is 0 Å². The summed E-state index contributed by atoms with van der Waals surface area (Å²) in [6.07, 6.45) is 5.67. The first-order valence-corrected chi connectivity index (χ1v) is 7.00. The average Bonchev–Trinajstić information content (AvgIpc) is 2.88. The molecular weight excluding hydrogens is 256 g/mol. The van der Waals surface area contributed by atoms with E-state index in [1.807, 2.05) is 18.7 Å². The Kier molecular flexibility index (Phi) is 4.54. The van der Waals surface area contributed by atoms with E-state index < -0.39 is 5.54 Å². The van der Waals surface area contributed by atoms with Crippen LogP contribution in [0.15, 0.2) is 18.5 Å². The summed E-state index contributed by atoms with van der Waals surface area (Å²) in [4.78, 5) is 22.8. The quantitative estimate of drug-likeness (QED) is 0.830. The molecule has 20 heavy (non-hydrogen) atoms. The molecule has 1 saturated heterocycles. The number of aliphatic hydroxyl groups is 1. The van der Waals surface area contributed by atoms with Gasteiger partial charge in [0.25, 0.3) is 0 Å². The zero-order valence-electron chi connectivity index (χ0n) is 12.0. The molecule has 2 N–H and O–H groups in total. The van der Waals surface area contributed by atoms with Crippen LogP contribution in [0, 0.1) is 0 Å². The van der Waals surface area contributed by atoms with Gasteiger partial charge in [-0.05, 0) is 39.2 Å². The van der Waals surface area contributed by atoms with Crippen molar-refractivity contribution in [2.75, 3.05) is 18.1 Å². The maximum absolute atomic E-state index is 12.4. The van der Waals surface area contributed by atoms with Crippen molar-refractivity contribution in [2.24, 2.45) is 0 Å². The Morgan fingerprint density at radius 1 is 1.50 bits per heavy atom. The van der Waals surface area contributed by atoms with Crippen molar-refractivity contribution in [3.05, 3.63) is 18.5 Å². The van der Waals surface area contributed by atoms with Gasteiger partial charge in [-0.25, -0.2) is 9.97 Å². The topological polar surface area (TPSA) is 78.4 Å². The highest BCUT2D eigenvalue weighted by Gasteiger charge is 2.34. The first-order chi connectivity index (χ1) is 9.53. The Bertz CT molecular complexity index is 450. The van der Waals surface area contributed by atoms with Gasteiger partial charge in [-0.1, -0.05) is 0 Å². The van der Waals surface area contributed by atoms with E-state index >= 15 is 0 Å². The molecule has 0 spiro atoms. The van der Waals surface area contributed by atoms with E-state index in [9.17, 15) is 4.79 Å². The maximum Gasteiger partial charge on any atom is 0.243 e. The van der Waals surface area contributed by atoms with Gasteiger partial charge in [0.2, 0.25) is 11.9 Å². The van der Waals surface area contributed by atoms with Gasteiger partial charge in [-0.3, -0.25) is 4.79 Å². The van der Waals surface area contributed by atoms with Crippen LogP contribution in [0.25, 0.3) is 0 Å². The number of hydrogen-bond donors (Lipinski definition) is 2. The lowest BCUT2D eigenvalue weighted by atomic mass is 10.0. The van der Waals surface area contributed by atoms with Crippen molar-refractivity contribution in [1.29, 1.82) is 0 Å². The fourth-order valence-corrected chi connectivity index (χ4v) is 2.48. The Morgan fingerprint density at radius 2 is 2.20 bits per heavy atom. The van der Waals surface area contributed by atoms with Crippen molar-refractivity contribution in [2.45, 2.75) is 44.7 Å². The second-order valence-electron chi connectivity index (χ2n) is 5.75. The maximum atomic E-state index is 12.4. The van der Waals surface area contributed by atoms with Crippen LogP contribution in [0.3, 0.4) is 0 Å². The van der Waals surface area contributed by atoms with Gasteiger partial charge in [-0.15, -0.1) is 0 Å². The molecule has 6 nitrogen and oxygen atoms in total. The number of amides is 1. The van der Waals surface area contributed by atoms with Gasteiger partial charge in [0.15, 0.2) is 0 Å². The largest absolute Gasteiger partial charge is 0.396 e. The lowest BCUT2D eigenvalue weighted by Crippen LogP contribution is -2.52. The van der Waals surface area contributed by atoms with Gasteiger partial charge in [0.05, 0.1) is 0 Å². The lowest BCUT2D eigenvalue weighted by molar-refractivity contribution is -0.123. The van der Waals surface area contributed by atoms with E-state index in [-0.39, 0.29) is 18.6 Å². The van der Waals surface area contributed by atoms with Crippen molar-refractivity contribution < 1.29 is 9.90 Å². The predicted octanol–water partition coefficient (Wildman–Crippen LogP) is 0.723. The Morgan fingerprint density at radius 3 is 2.85 bits per heavy atom. The van der Waals surface area contributed by atoms with Crippen LogP contribution in [0.5, 0.6) is 0 Å². The fourth-order valence-electron chi connectivity index (χ4n) is 2.48. The van der Waals surface area contributed by atoms with Crippen molar-refractivity contribution in [3.8, 4) is 0 Å². The van der Waals surface area contributed by atoms with E-state index in [1.54, 1.807) is 18.5 Å². The van der Waals surface area contributed by atoms with E-state index in [4.69, 9.17) is 5.11 Å². The van der Waals surface area contributed by atoms with Crippen LogP contribution < -0.4 is 10.2 Å². The Labute approximate surface area is 119 Å². The van der Waals surface area contributed by atoms with Gasteiger partial charge < -0.3 is 15.3 Å². The first-order valence-electron chi connectivity index (χ1n) is 7.00. The van der Waals surface area contributed by atoms with E-state index in [0.29, 0.717) is 12.4 Å².